The maximum Gasteiger partial charge on any atom is 0.243 e. The van der Waals surface area contributed by atoms with Gasteiger partial charge < -0.3 is 4.74 Å². The molecular weight excluding hydrogens is 362 g/mol. The summed E-state index contributed by atoms with van der Waals surface area (Å²) >= 11 is 5.93. The van der Waals surface area contributed by atoms with E-state index in [-0.39, 0.29) is 11.8 Å². The molecule has 3 rings (SSSR count). The number of hydrazone groups is 1. The molecule has 0 radical (unpaired) electrons. The van der Waals surface area contributed by atoms with Gasteiger partial charge >= 0.3 is 0 Å². The van der Waals surface area contributed by atoms with E-state index in [1.165, 1.54) is 5.56 Å². The molecule has 2 aromatic rings. The fraction of sp³-hybridized carbons (Fsp3) is 0.333. The van der Waals surface area contributed by atoms with Crippen molar-refractivity contribution < 1.29 is 9.53 Å². The highest BCUT2D eigenvalue weighted by atomic mass is 35.5. The Labute approximate surface area is 165 Å². The van der Waals surface area contributed by atoms with E-state index in [9.17, 15) is 4.79 Å². The Kier molecular flexibility index (Phi) is 6.85. The van der Waals surface area contributed by atoms with Crippen LogP contribution in [-0.4, -0.2) is 37.2 Å². The van der Waals surface area contributed by atoms with Crippen LogP contribution >= 0.6 is 11.6 Å². The number of carbonyl (C=O) groups is 1. The van der Waals surface area contributed by atoms with Crippen LogP contribution in [0.5, 0.6) is 5.75 Å². The summed E-state index contributed by atoms with van der Waals surface area (Å²) in [6.07, 6.45) is 3.29. The summed E-state index contributed by atoms with van der Waals surface area (Å²) in [5, 5.41) is 4.84. The standard InChI is InChI=1S/C21H24ClN3O2/c1-27-20-5-3-2-4-18(20)14-23-24-21(26)17-10-12-25(13-11-17)15-16-6-8-19(22)9-7-16/h2-9,14,17H,10-13,15H2,1H3,(H,24,26)/b23-14+. The van der Waals surface area contributed by atoms with Gasteiger partial charge in [-0.1, -0.05) is 35.9 Å². The molecule has 0 saturated carbocycles. The van der Waals surface area contributed by atoms with Crippen molar-refractivity contribution in [1.29, 1.82) is 0 Å². The van der Waals surface area contributed by atoms with Crippen LogP contribution in [0.3, 0.4) is 0 Å². The molecule has 0 bridgehead atoms. The van der Waals surface area contributed by atoms with Crippen LogP contribution in [0, 0.1) is 5.92 Å². The largest absolute Gasteiger partial charge is 0.496 e. The Morgan fingerprint density at radius 3 is 2.63 bits per heavy atom. The molecule has 6 heteroatoms. The number of likely N-dealkylation sites (tertiary alicyclic amines) is 1. The van der Waals surface area contributed by atoms with Crippen LogP contribution in [0.1, 0.15) is 24.0 Å². The van der Waals surface area contributed by atoms with Crippen LogP contribution in [0.15, 0.2) is 53.6 Å². The fourth-order valence-electron chi connectivity index (χ4n) is 3.23. The lowest BCUT2D eigenvalue weighted by atomic mass is 9.96. The molecule has 1 fully saturated rings. The normalized spacial score (nSPS) is 15.8. The zero-order chi connectivity index (χ0) is 19.1. The third-order valence-electron chi connectivity index (χ3n) is 4.80. The van der Waals surface area contributed by atoms with Crippen LogP contribution < -0.4 is 10.2 Å². The zero-order valence-electron chi connectivity index (χ0n) is 15.4. The zero-order valence-corrected chi connectivity index (χ0v) is 16.2. The van der Waals surface area contributed by atoms with Crippen LogP contribution in [0.2, 0.25) is 5.02 Å². The minimum absolute atomic E-state index is 0.00119. The van der Waals surface area contributed by atoms with Crippen molar-refractivity contribution in [3.8, 4) is 5.75 Å². The quantitative estimate of drug-likeness (QED) is 0.609. The second kappa shape index (κ2) is 9.53. The Bertz CT molecular complexity index is 784. The number of para-hydroxylation sites is 1. The first-order valence-electron chi connectivity index (χ1n) is 9.08. The summed E-state index contributed by atoms with van der Waals surface area (Å²) in [6.45, 7) is 2.69. The number of hydrogen-bond acceptors (Lipinski definition) is 4. The van der Waals surface area contributed by atoms with Gasteiger partial charge in [0.15, 0.2) is 0 Å². The molecule has 27 heavy (non-hydrogen) atoms. The SMILES string of the molecule is COc1ccccc1/C=N/NC(=O)C1CCN(Cc2ccc(Cl)cc2)CC1. The summed E-state index contributed by atoms with van der Waals surface area (Å²) in [4.78, 5) is 14.7. The second-order valence-electron chi connectivity index (χ2n) is 6.65. The predicted molar refractivity (Wildman–Crippen MR) is 108 cm³/mol. The third-order valence-corrected chi connectivity index (χ3v) is 5.05. The van der Waals surface area contributed by atoms with Crippen molar-refractivity contribution in [2.75, 3.05) is 20.2 Å². The monoisotopic (exact) mass is 385 g/mol. The van der Waals surface area contributed by atoms with Gasteiger partial charge in [-0.25, -0.2) is 5.43 Å². The molecule has 0 aromatic heterocycles. The number of hydrogen-bond donors (Lipinski definition) is 1. The predicted octanol–water partition coefficient (Wildman–Crippen LogP) is 3.71. The van der Waals surface area contributed by atoms with E-state index in [4.69, 9.17) is 16.3 Å². The van der Waals surface area contributed by atoms with Gasteiger partial charge in [0.1, 0.15) is 5.75 Å². The van der Waals surface area contributed by atoms with Gasteiger partial charge in [-0.15, -0.1) is 0 Å². The number of piperidine rings is 1. The minimum atomic E-state index is -0.0210. The molecule has 0 unspecified atom stereocenters. The summed E-state index contributed by atoms with van der Waals surface area (Å²) in [5.74, 6) is 0.708. The maximum atomic E-state index is 12.4. The minimum Gasteiger partial charge on any atom is -0.496 e. The fourth-order valence-corrected chi connectivity index (χ4v) is 3.36. The molecule has 0 spiro atoms. The van der Waals surface area contributed by atoms with Gasteiger partial charge in [-0.05, 0) is 55.8 Å². The third kappa shape index (κ3) is 5.55. The average Bonchev–Trinajstić information content (AvgIpc) is 2.70. The average molecular weight is 386 g/mol. The first-order chi connectivity index (χ1) is 13.2. The molecule has 1 heterocycles. The molecule has 1 saturated heterocycles. The molecule has 0 atom stereocenters. The summed E-state index contributed by atoms with van der Waals surface area (Å²) in [5.41, 5.74) is 4.74. The number of nitrogens with one attached hydrogen (secondary N) is 1. The highest BCUT2D eigenvalue weighted by Crippen LogP contribution is 2.20. The van der Waals surface area contributed by atoms with E-state index >= 15 is 0 Å². The second-order valence-corrected chi connectivity index (χ2v) is 7.09. The van der Waals surface area contributed by atoms with Gasteiger partial charge in [0.2, 0.25) is 5.91 Å². The highest BCUT2D eigenvalue weighted by Gasteiger charge is 2.24. The van der Waals surface area contributed by atoms with E-state index in [1.807, 2.05) is 48.5 Å². The number of ether oxygens (including phenoxy) is 1. The van der Waals surface area contributed by atoms with E-state index < -0.39 is 0 Å². The van der Waals surface area contributed by atoms with Crippen molar-refractivity contribution in [2.45, 2.75) is 19.4 Å². The van der Waals surface area contributed by atoms with Crippen molar-refractivity contribution >= 4 is 23.7 Å². The van der Waals surface area contributed by atoms with Crippen molar-refractivity contribution in [1.82, 2.24) is 10.3 Å². The number of methoxy groups -OCH3 is 1. The number of rotatable bonds is 6. The maximum absolute atomic E-state index is 12.4. The van der Waals surface area contributed by atoms with E-state index in [0.717, 1.165) is 48.8 Å². The molecule has 1 aliphatic heterocycles. The van der Waals surface area contributed by atoms with Crippen LogP contribution in [0.25, 0.3) is 0 Å². The Morgan fingerprint density at radius 1 is 1.22 bits per heavy atom. The van der Waals surface area contributed by atoms with Crippen molar-refractivity contribution in [2.24, 2.45) is 11.0 Å². The number of amides is 1. The molecule has 1 amide bonds. The Balaban J connectivity index is 1.45. The summed E-state index contributed by atoms with van der Waals surface area (Å²) in [7, 11) is 1.61. The number of benzene rings is 2. The van der Waals surface area contributed by atoms with E-state index in [1.54, 1.807) is 13.3 Å². The first kappa shape index (κ1) is 19.4. The van der Waals surface area contributed by atoms with Gasteiger partial charge in [0.05, 0.1) is 13.3 Å². The Hall–Kier alpha value is -2.37. The lowest BCUT2D eigenvalue weighted by molar-refractivity contribution is -0.126. The molecule has 5 nitrogen and oxygen atoms in total. The van der Waals surface area contributed by atoms with E-state index in [0.29, 0.717) is 0 Å². The van der Waals surface area contributed by atoms with Gasteiger partial charge in [-0.3, -0.25) is 9.69 Å². The summed E-state index contributed by atoms with van der Waals surface area (Å²) in [6, 6.07) is 15.5. The molecule has 0 aliphatic carbocycles. The molecule has 1 aliphatic rings. The summed E-state index contributed by atoms with van der Waals surface area (Å²) < 4.78 is 5.27. The number of nitrogens with zero attached hydrogens (tertiary/aromatic N) is 2. The highest BCUT2D eigenvalue weighted by molar-refractivity contribution is 6.30. The smallest absolute Gasteiger partial charge is 0.243 e. The van der Waals surface area contributed by atoms with Gasteiger partial charge in [-0.2, -0.15) is 5.10 Å². The first-order valence-corrected chi connectivity index (χ1v) is 9.46. The Morgan fingerprint density at radius 2 is 1.93 bits per heavy atom. The van der Waals surface area contributed by atoms with Gasteiger partial charge in [0.25, 0.3) is 0 Å². The lowest BCUT2D eigenvalue weighted by Gasteiger charge is -2.30. The number of halogens is 1. The van der Waals surface area contributed by atoms with E-state index in [2.05, 4.69) is 15.4 Å². The molecule has 142 valence electrons. The van der Waals surface area contributed by atoms with Gasteiger partial charge in [0, 0.05) is 23.0 Å². The lowest BCUT2D eigenvalue weighted by Crippen LogP contribution is -2.39. The topological polar surface area (TPSA) is 53.9 Å². The van der Waals surface area contributed by atoms with Crippen molar-refractivity contribution in [3.63, 3.8) is 0 Å². The van der Waals surface area contributed by atoms with Crippen LogP contribution in [0.4, 0.5) is 0 Å². The van der Waals surface area contributed by atoms with Crippen LogP contribution in [-0.2, 0) is 11.3 Å². The van der Waals surface area contributed by atoms with Crippen molar-refractivity contribution in [3.05, 3.63) is 64.7 Å². The molecular formula is C21H24ClN3O2. The molecule has 2 aromatic carbocycles. The molecule has 1 N–H and O–H groups in total. The number of carbonyl (C=O) groups excluding carboxylic acids is 1.